The van der Waals surface area contributed by atoms with Crippen molar-refractivity contribution >= 4 is 27.6 Å². The fourth-order valence-corrected chi connectivity index (χ4v) is 4.66. The van der Waals surface area contributed by atoms with Gasteiger partial charge in [-0.25, -0.2) is 13.2 Å². The maximum atomic E-state index is 12.9. The number of sulfonamides is 1. The van der Waals surface area contributed by atoms with Crippen LogP contribution in [0.4, 0.5) is 18.9 Å². The highest BCUT2D eigenvalue weighted by Gasteiger charge is 2.51. The van der Waals surface area contributed by atoms with Gasteiger partial charge in [0.15, 0.2) is 0 Å². The highest BCUT2D eigenvalue weighted by molar-refractivity contribution is 7.92. The van der Waals surface area contributed by atoms with Gasteiger partial charge in [-0.1, -0.05) is 12.1 Å². The van der Waals surface area contributed by atoms with Crippen LogP contribution in [0, 0.1) is 0 Å². The van der Waals surface area contributed by atoms with E-state index in [1.807, 2.05) is 0 Å². The number of anilines is 1. The summed E-state index contributed by atoms with van der Waals surface area (Å²) in [7, 11) is 0.600. The molecule has 38 heavy (non-hydrogen) atoms. The summed E-state index contributed by atoms with van der Waals surface area (Å²) in [5.41, 5.74) is 0.740. The van der Waals surface area contributed by atoms with Crippen LogP contribution in [-0.4, -0.2) is 66.1 Å². The number of benzene rings is 2. The molecule has 0 radical (unpaired) electrons. The standard InChI is InChI=1S/C22H28N2O6S.C2HF3O2/c1-28-14-4-13-23-21(25)22(11-12-22)16-5-7-17(8-6-16)24-31(26,27)20-15-18(29-2)9-10-19(20)30-3;3-2(4,5)1(6)7/h5-10,15,24H,4,11-14H2,1-3H3,(H,23,25);(H,6,7). The van der Waals surface area contributed by atoms with E-state index in [0.29, 0.717) is 24.6 Å². The lowest BCUT2D eigenvalue weighted by molar-refractivity contribution is -0.192. The molecule has 1 saturated carbocycles. The van der Waals surface area contributed by atoms with Gasteiger partial charge in [-0.05, 0) is 49.1 Å². The van der Waals surface area contributed by atoms with Crippen LogP contribution in [0.5, 0.6) is 11.5 Å². The first-order chi connectivity index (χ1) is 17.8. The Hall–Kier alpha value is -3.52. The van der Waals surface area contributed by atoms with Crippen molar-refractivity contribution in [1.82, 2.24) is 5.32 Å². The predicted molar refractivity (Wildman–Crippen MR) is 131 cm³/mol. The van der Waals surface area contributed by atoms with E-state index in [2.05, 4.69) is 10.0 Å². The van der Waals surface area contributed by atoms with Crippen molar-refractivity contribution in [3.8, 4) is 11.5 Å². The van der Waals surface area contributed by atoms with E-state index in [-0.39, 0.29) is 16.6 Å². The summed E-state index contributed by atoms with van der Waals surface area (Å²) < 4.78 is 75.4. The summed E-state index contributed by atoms with van der Waals surface area (Å²) in [5, 5.41) is 10.1. The van der Waals surface area contributed by atoms with Gasteiger partial charge in [0.2, 0.25) is 5.91 Å². The molecule has 10 nitrogen and oxygen atoms in total. The predicted octanol–water partition coefficient (Wildman–Crippen LogP) is 3.32. The number of carboxylic acid groups (broad SMARTS) is 1. The first-order valence-electron chi connectivity index (χ1n) is 11.2. The summed E-state index contributed by atoms with van der Waals surface area (Å²) in [5.74, 6) is -2.14. The van der Waals surface area contributed by atoms with Gasteiger partial charge in [0.1, 0.15) is 16.4 Å². The number of methoxy groups -OCH3 is 3. The highest BCUT2D eigenvalue weighted by Crippen LogP contribution is 2.48. The summed E-state index contributed by atoms with van der Waals surface area (Å²) in [6.45, 7) is 1.16. The molecule has 0 aliphatic heterocycles. The third-order valence-electron chi connectivity index (χ3n) is 5.59. The zero-order valence-corrected chi connectivity index (χ0v) is 21.7. The maximum Gasteiger partial charge on any atom is 0.490 e. The first kappa shape index (κ1) is 30.7. The number of halogens is 3. The highest BCUT2D eigenvalue weighted by atomic mass is 32.2. The number of rotatable bonds is 11. The molecular weight excluding hydrogens is 533 g/mol. The number of amides is 1. The van der Waals surface area contributed by atoms with Crippen LogP contribution in [0.3, 0.4) is 0 Å². The Balaban J connectivity index is 0.000000638. The number of carbonyl (C=O) groups is 2. The minimum Gasteiger partial charge on any atom is -0.497 e. The number of ether oxygens (including phenoxy) is 3. The van der Waals surface area contributed by atoms with Crippen LogP contribution >= 0.6 is 0 Å². The molecule has 3 N–H and O–H groups in total. The van der Waals surface area contributed by atoms with E-state index in [0.717, 1.165) is 24.8 Å². The molecule has 0 saturated heterocycles. The van der Waals surface area contributed by atoms with Crippen LogP contribution in [-0.2, 0) is 29.8 Å². The Kier molecular flexibility index (Phi) is 10.4. The number of carbonyl (C=O) groups excluding carboxylic acids is 1. The molecular formula is C24H29F3N2O8S. The van der Waals surface area contributed by atoms with Crippen molar-refractivity contribution < 1.29 is 50.5 Å². The molecule has 2 aromatic rings. The minimum atomic E-state index is -5.08. The average molecular weight is 563 g/mol. The van der Waals surface area contributed by atoms with Gasteiger partial charge in [0.05, 0.1) is 19.6 Å². The molecule has 1 fully saturated rings. The number of hydrogen-bond donors (Lipinski definition) is 3. The molecule has 210 valence electrons. The summed E-state index contributed by atoms with van der Waals surface area (Å²) in [6, 6.07) is 11.5. The van der Waals surface area contributed by atoms with E-state index in [1.165, 1.54) is 20.3 Å². The summed E-state index contributed by atoms with van der Waals surface area (Å²) in [6.07, 6.45) is -2.78. The zero-order valence-electron chi connectivity index (χ0n) is 20.9. The lowest BCUT2D eigenvalue weighted by Crippen LogP contribution is -2.35. The fraction of sp³-hybridized carbons (Fsp3) is 0.417. The van der Waals surface area contributed by atoms with Gasteiger partial charge in [-0.2, -0.15) is 13.2 Å². The average Bonchev–Trinajstić information content (AvgIpc) is 3.68. The SMILES string of the molecule is COCCCNC(=O)C1(c2ccc(NS(=O)(=O)c3cc(OC)ccc3OC)cc2)CC1.O=C(O)C(F)(F)F. The van der Waals surface area contributed by atoms with Gasteiger partial charge in [0.25, 0.3) is 10.0 Å². The molecule has 0 spiro atoms. The Labute approximate surface area is 218 Å². The maximum absolute atomic E-state index is 12.9. The monoisotopic (exact) mass is 562 g/mol. The van der Waals surface area contributed by atoms with Crippen LogP contribution < -0.4 is 19.5 Å². The zero-order chi connectivity index (χ0) is 28.6. The smallest absolute Gasteiger partial charge is 0.490 e. The minimum absolute atomic E-state index is 0.00180. The molecule has 1 aliphatic carbocycles. The molecule has 3 rings (SSSR count). The lowest BCUT2D eigenvalue weighted by Gasteiger charge is -2.17. The second kappa shape index (κ2) is 12.8. The molecule has 14 heteroatoms. The van der Waals surface area contributed by atoms with E-state index in [9.17, 15) is 26.4 Å². The second-order valence-electron chi connectivity index (χ2n) is 8.19. The Morgan fingerprint density at radius 1 is 1.03 bits per heavy atom. The molecule has 1 aliphatic rings. The van der Waals surface area contributed by atoms with Crippen molar-refractivity contribution in [2.75, 3.05) is 39.2 Å². The second-order valence-corrected chi connectivity index (χ2v) is 9.84. The van der Waals surface area contributed by atoms with Crippen LogP contribution in [0.25, 0.3) is 0 Å². The molecule has 0 unspecified atom stereocenters. The van der Waals surface area contributed by atoms with Crippen LogP contribution in [0.1, 0.15) is 24.8 Å². The number of carboxylic acids is 1. The molecule has 0 atom stereocenters. The third-order valence-corrected chi connectivity index (χ3v) is 6.99. The number of hydrogen-bond acceptors (Lipinski definition) is 7. The number of nitrogens with one attached hydrogen (secondary N) is 2. The van der Waals surface area contributed by atoms with Crippen molar-refractivity contribution in [3.63, 3.8) is 0 Å². The van der Waals surface area contributed by atoms with Gasteiger partial charge in [-0.15, -0.1) is 0 Å². The number of aliphatic carboxylic acids is 1. The molecule has 0 bridgehead atoms. The van der Waals surface area contributed by atoms with E-state index >= 15 is 0 Å². The third kappa shape index (κ3) is 7.99. The van der Waals surface area contributed by atoms with Crippen molar-refractivity contribution in [2.24, 2.45) is 0 Å². The van der Waals surface area contributed by atoms with Crippen LogP contribution in [0.2, 0.25) is 0 Å². The topological polar surface area (TPSA) is 140 Å². The van der Waals surface area contributed by atoms with E-state index < -0.39 is 27.6 Å². The Morgan fingerprint density at radius 3 is 2.11 bits per heavy atom. The fourth-order valence-electron chi connectivity index (χ4n) is 3.42. The lowest BCUT2D eigenvalue weighted by atomic mass is 9.95. The molecule has 2 aromatic carbocycles. The summed E-state index contributed by atoms with van der Waals surface area (Å²) >= 11 is 0. The summed E-state index contributed by atoms with van der Waals surface area (Å²) in [4.78, 5) is 21.5. The number of alkyl halides is 3. The van der Waals surface area contributed by atoms with Gasteiger partial charge < -0.3 is 24.6 Å². The van der Waals surface area contributed by atoms with Gasteiger partial charge in [0, 0.05) is 32.0 Å². The largest absolute Gasteiger partial charge is 0.497 e. The van der Waals surface area contributed by atoms with E-state index in [1.54, 1.807) is 43.5 Å². The quantitative estimate of drug-likeness (QED) is 0.355. The van der Waals surface area contributed by atoms with Crippen molar-refractivity contribution in [1.29, 1.82) is 0 Å². The first-order valence-corrected chi connectivity index (χ1v) is 12.7. The normalized spacial score (nSPS) is 13.9. The van der Waals surface area contributed by atoms with Gasteiger partial charge >= 0.3 is 12.1 Å². The Bertz CT molecular complexity index is 1210. The van der Waals surface area contributed by atoms with Crippen molar-refractivity contribution in [3.05, 3.63) is 48.0 Å². The van der Waals surface area contributed by atoms with E-state index in [4.69, 9.17) is 24.1 Å². The molecule has 1 amide bonds. The Morgan fingerprint density at radius 2 is 1.63 bits per heavy atom. The van der Waals surface area contributed by atoms with Crippen molar-refractivity contribution in [2.45, 2.75) is 35.7 Å². The van der Waals surface area contributed by atoms with Gasteiger partial charge in [-0.3, -0.25) is 9.52 Å². The van der Waals surface area contributed by atoms with Crippen LogP contribution in [0.15, 0.2) is 47.4 Å². The molecule has 0 heterocycles. The molecule has 0 aromatic heterocycles.